The maximum atomic E-state index is 12.3. The molecule has 0 radical (unpaired) electrons. The number of benzene rings is 2. The Balaban J connectivity index is 1.53. The van der Waals surface area contributed by atoms with Gasteiger partial charge >= 0.3 is 5.97 Å². The van der Waals surface area contributed by atoms with Gasteiger partial charge in [-0.3, -0.25) is 9.59 Å². The van der Waals surface area contributed by atoms with E-state index in [-0.39, 0.29) is 29.8 Å². The Morgan fingerprint density at radius 3 is 2.25 bits per heavy atom. The predicted molar refractivity (Wildman–Crippen MR) is 104 cm³/mol. The first-order chi connectivity index (χ1) is 13.3. The molecule has 1 fully saturated rings. The standard InChI is InChI=1S/C20H21NO6S/c1-26-17-8-4-16(5-9-17)21-20(23)15-2-6-18(7-3-15)27-19(22)12-14-10-11-28(24,25)13-14/h2-9,14H,10-13H2,1H3,(H,21,23)/t14-/m0/s1. The number of nitrogens with one attached hydrogen (secondary N) is 1. The Morgan fingerprint density at radius 1 is 1.04 bits per heavy atom. The van der Waals surface area contributed by atoms with Crippen molar-refractivity contribution in [2.75, 3.05) is 23.9 Å². The number of carbonyl (C=O) groups is 2. The number of hydrogen-bond donors (Lipinski definition) is 1. The predicted octanol–water partition coefficient (Wildman–Crippen LogP) is 2.68. The highest BCUT2D eigenvalue weighted by atomic mass is 32.2. The third-order valence-corrected chi connectivity index (χ3v) is 6.32. The van der Waals surface area contributed by atoms with Crippen molar-refractivity contribution in [2.45, 2.75) is 12.8 Å². The molecule has 0 bridgehead atoms. The van der Waals surface area contributed by atoms with E-state index in [9.17, 15) is 18.0 Å². The van der Waals surface area contributed by atoms with E-state index >= 15 is 0 Å². The van der Waals surface area contributed by atoms with Crippen LogP contribution in [0.2, 0.25) is 0 Å². The molecule has 2 aromatic rings. The number of sulfone groups is 1. The molecule has 0 aliphatic carbocycles. The van der Waals surface area contributed by atoms with Crippen LogP contribution >= 0.6 is 0 Å². The topological polar surface area (TPSA) is 98.8 Å². The smallest absolute Gasteiger partial charge is 0.311 e. The lowest BCUT2D eigenvalue weighted by atomic mass is 10.1. The van der Waals surface area contributed by atoms with Crippen LogP contribution in [0.1, 0.15) is 23.2 Å². The minimum Gasteiger partial charge on any atom is -0.497 e. The summed E-state index contributed by atoms with van der Waals surface area (Å²) in [7, 11) is -1.45. The summed E-state index contributed by atoms with van der Waals surface area (Å²) in [6.45, 7) is 0. The highest BCUT2D eigenvalue weighted by molar-refractivity contribution is 7.91. The van der Waals surface area contributed by atoms with Gasteiger partial charge in [0, 0.05) is 17.7 Å². The number of amides is 1. The minimum atomic E-state index is -3.02. The molecule has 1 heterocycles. The first-order valence-corrected chi connectivity index (χ1v) is 10.6. The molecule has 1 saturated heterocycles. The molecule has 1 aliphatic heterocycles. The quantitative estimate of drug-likeness (QED) is 0.588. The second-order valence-electron chi connectivity index (χ2n) is 6.65. The van der Waals surface area contributed by atoms with Crippen LogP contribution in [0, 0.1) is 5.92 Å². The summed E-state index contributed by atoms with van der Waals surface area (Å²) in [4.78, 5) is 24.3. The van der Waals surface area contributed by atoms with Gasteiger partial charge < -0.3 is 14.8 Å². The van der Waals surface area contributed by atoms with E-state index in [2.05, 4.69) is 5.32 Å². The Kier molecular flexibility index (Phi) is 5.99. The number of rotatable bonds is 6. The van der Waals surface area contributed by atoms with E-state index in [0.717, 1.165) is 0 Å². The average molecular weight is 403 g/mol. The fourth-order valence-corrected chi connectivity index (χ4v) is 4.86. The van der Waals surface area contributed by atoms with Crippen molar-refractivity contribution in [1.29, 1.82) is 0 Å². The molecule has 0 unspecified atom stereocenters. The molecule has 2 aromatic carbocycles. The number of hydrogen-bond acceptors (Lipinski definition) is 6. The second kappa shape index (κ2) is 8.43. The van der Waals surface area contributed by atoms with Gasteiger partial charge in [0.25, 0.3) is 5.91 Å². The Morgan fingerprint density at radius 2 is 1.68 bits per heavy atom. The highest BCUT2D eigenvalue weighted by Crippen LogP contribution is 2.23. The maximum Gasteiger partial charge on any atom is 0.311 e. The SMILES string of the molecule is COc1ccc(NC(=O)c2ccc(OC(=O)C[C@@H]3CCS(=O)(=O)C3)cc2)cc1. The van der Waals surface area contributed by atoms with Gasteiger partial charge in [-0.05, 0) is 60.9 Å². The normalized spacial score (nSPS) is 17.7. The first kappa shape index (κ1) is 19.9. The van der Waals surface area contributed by atoms with Crippen molar-refractivity contribution >= 4 is 27.4 Å². The zero-order valence-electron chi connectivity index (χ0n) is 15.4. The van der Waals surface area contributed by atoms with E-state index in [4.69, 9.17) is 9.47 Å². The molecule has 28 heavy (non-hydrogen) atoms. The van der Waals surface area contributed by atoms with E-state index in [1.54, 1.807) is 43.5 Å². The van der Waals surface area contributed by atoms with Crippen LogP contribution in [0.3, 0.4) is 0 Å². The van der Waals surface area contributed by atoms with Crippen molar-refractivity contribution in [3.63, 3.8) is 0 Å². The van der Waals surface area contributed by atoms with Gasteiger partial charge in [0.05, 0.1) is 18.6 Å². The van der Waals surface area contributed by atoms with Crippen molar-refractivity contribution in [2.24, 2.45) is 5.92 Å². The van der Waals surface area contributed by atoms with Crippen LogP contribution in [0.4, 0.5) is 5.69 Å². The van der Waals surface area contributed by atoms with Crippen LogP contribution in [-0.2, 0) is 14.6 Å². The van der Waals surface area contributed by atoms with Crippen LogP contribution in [0.25, 0.3) is 0 Å². The highest BCUT2D eigenvalue weighted by Gasteiger charge is 2.30. The lowest BCUT2D eigenvalue weighted by Gasteiger charge is -2.09. The molecular formula is C20H21NO6S. The van der Waals surface area contributed by atoms with Crippen LogP contribution in [0.5, 0.6) is 11.5 Å². The Hall–Kier alpha value is -2.87. The summed E-state index contributed by atoms with van der Waals surface area (Å²) < 4.78 is 33.2. The minimum absolute atomic E-state index is 0.0343. The van der Waals surface area contributed by atoms with Crippen molar-refractivity contribution in [3.8, 4) is 11.5 Å². The number of methoxy groups -OCH3 is 1. The average Bonchev–Trinajstić information content (AvgIpc) is 3.01. The van der Waals surface area contributed by atoms with E-state index < -0.39 is 15.8 Å². The van der Waals surface area contributed by atoms with Gasteiger partial charge in [-0.25, -0.2) is 8.42 Å². The summed E-state index contributed by atoms with van der Waals surface area (Å²) in [5.74, 6) is 0.213. The van der Waals surface area contributed by atoms with Crippen LogP contribution < -0.4 is 14.8 Å². The fourth-order valence-electron chi connectivity index (χ4n) is 2.99. The molecule has 1 N–H and O–H groups in total. The first-order valence-electron chi connectivity index (χ1n) is 8.81. The monoisotopic (exact) mass is 403 g/mol. The van der Waals surface area contributed by atoms with Gasteiger partial charge in [0.2, 0.25) is 0 Å². The zero-order valence-corrected chi connectivity index (χ0v) is 16.2. The van der Waals surface area contributed by atoms with E-state index in [0.29, 0.717) is 29.2 Å². The van der Waals surface area contributed by atoms with Crippen LogP contribution in [0.15, 0.2) is 48.5 Å². The third kappa shape index (κ3) is 5.32. The van der Waals surface area contributed by atoms with Crippen LogP contribution in [-0.4, -0.2) is 38.9 Å². The van der Waals surface area contributed by atoms with Crippen molar-refractivity contribution in [1.82, 2.24) is 0 Å². The molecule has 3 rings (SSSR count). The second-order valence-corrected chi connectivity index (χ2v) is 8.88. The molecule has 1 atom stereocenters. The molecule has 7 nitrogen and oxygen atoms in total. The molecule has 0 saturated carbocycles. The number of carbonyl (C=O) groups excluding carboxylic acids is 2. The van der Waals surface area contributed by atoms with Gasteiger partial charge in [0.1, 0.15) is 11.5 Å². The van der Waals surface area contributed by atoms with Crippen molar-refractivity contribution in [3.05, 3.63) is 54.1 Å². The summed E-state index contributed by atoms with van der Waals surface area (Å²) in [5.41, 5.74) is 1.05. The lowest BCUT2D eigenvalue weighted by molar-refractivity contribution is -0.135. The summed E-state index contributed by atoms with van der Waals surface area (Å²) >= 11 is 0. The van der Waals surface area contributed by atoms with Gasteiger partial charge in [-0.2, -0.15) is 0 Å². The largest absolute Gasteiger partial charge is 0.497 e. The van der Waals surface area contributed by atoms with Gasteiger partial charge in [0.15, 0.2) is 9.84 Å². The van der Waals surface area contributed by atoms with Crippen molar-refractivity contribution < 1.29 is 27.5 Å². The number of esters is 1. The molecule has 0 aromatic heterocycles. The van der Waals surface area contributed by atoms with Gasteiger partial charge in [-0.1, -0.05) is 0 Å². The number of anilines is 1. The Labute approximate surface area is 163 Å². The number of ether oxygens (including phenoxy) is 2. The maximum absolute atomic E-state index is 12.3. The Bertz CT molecular complexity index is 951. The summed E-state index contributed by atoms with van der Waals surface area (Å²) in [6.07, 6.45) is 0.556. The summed E-state index contributed by atoms with van der Waals surface area (Å²) in [6, 6.07) is 13.1. The third-order valence-electron chi connectivity index (χ3n) is 4.48. The molecule has 1 amide bonds. The lowest BCUT2D eigenvalue weighted by Crippen LogP contribution is -2.15. The molecular weight excluding hydrogens is 382 g/mol. The molecule has 8 heteroatoms. The molecule has 148 valence electrons. The molecule has 0 spiro atoms. The van der Waals surface area contributed by atoms with E-state index in [1.807, 2.05) is 0 Å². The fraction of sp³-hybridized carbons (Fsp3) is 0.300. The van der Waals surface area contributed by atoms with E-state index in [1.165, 1.54) is 12.1 Å². The van der Waals surface area contributed by atoms with Gasteiger partial charge in [-0.15, -0.1) is 0 Å². The zero-order chi connectivity index (χ0) is 20.1. The summed E-state index contributed by atoms with van der Waals surface area (Å²) in [5, 5.41) is 2.77. The molecule has 1 aliphatic rings.